The van der Waals surface area contributed by atoms with E-state index in [-0.39, 0.29) is 31.1 Å². The third kappa shape index (κ3) is 3.85. The molecule has 1 aromatic rings. The molecule has 0 aliphatic carbocycles. The van der Waals surface area contributed by atoms with Crippen molar-refractivity contribution < 1.29 is 31.1 Å². The van der Waals surface area contributed by atoms with E-state index in [2.05, 4.69) is 46.4 Å². The molecule has 1 heterocycles. The molecule has 0 amide bonds. The summed E-state index contributed by atoms with van der Waals surface area (Å²) in [7, 11) is 0. The minimum Gasteiger partial charge on any atom is -0.473 e. The second kappa shape index (κ2) is 7.08. The molecule has 5 heteroatoms. The largest absolute Gasteiger partial charge is 2.00 e. The Morgan fingerprint density at radius 3 is 2.86 bits per heavy atom. The molecular formula is C9H12N4U. The zero-order chi connectivity index (χ0) is 9.68. The average Bonchev–Trinajstić information content (AvgIpc) is 2.18. The van der Waals surface area contributed by atoms with E-state index in [1.807, 2.05) is 0 Å². The summed E-state index contributed by atoms with van der Waals surface area (Å²) in [6.07, 6.45) is 6.21. The van der Waals surface area contributed by atoms with Crippen LogP contribution in [-0.2, 0) is 0 Å². The molecule has 14 heavy (non-hydrogen) atoms. The third-order valence-corrected chi connectivity index (χ3v) is 1.79. The first-order valence-corrected chi connectivity index (χ1v) is 4.27. The molecule has 1 unspecified atom stereocenters. The Labute approximate surface area is 108 Å². The van der Waals surface area contributed by atoms with Gasteiger partial charge in [-0.1, -0.05) is 13.8 Å². The van der Waals surface area contributed by atoms with Crippen LogP contribution in [0, 0.1) is 37.3 Å². The normalized spacial score (nSPS) is 12.5. The SMILES string of the molecule is C[C-]=Nc1[c-]nnc(C(C)CC)n1.[U+2]. The van der Waals surface area contributed by atoms with Crippen LogP contribution < -0.4 is 0 Å². The number of aliphatic imine (C=N–C) groups is 1. The van der Waals surface area contributed by atoms with E-state index in [0.29, 0.717) is 11.7 Å². The van der Waals surface area contributed by atoms with Crippen LogP contribution in [0.3, 0.4) is 0 Å². The summed E-state index contributed by atoms with van der Waals surface area (Å²) < 4.78 is 0. The zero-order valence-electron chi connectivity index (χ0n) is 8.57. The Bertz CT molecular complexity index is 301. The molecule has 0 N–H and O–H groups in total. The summed E-state index contributed by atoms with van der Waals surface area (Å²) in [5, 5.41) is 7.59. The van der Waals surface area contributed by atoms with Gasteiger partial charge in [0.2, 0.25) is 0 Å². The van der Waals surface area contributed by atoms with E-state index in [4.69, 9.17) is 0 Å². The van der Waals surface area contributed by atoms with Gasteiger partial charge in [-0.25, -0.2) is 0 Å². The van der Waals surface area contributed by atoms with Crippen molar-refractivity contribution in [3.63, 3.8) is 0 Å². The van der Waals surface area contributed by atoms with E-state index in [1.165, 1.54) is 0 Å². The van der Waals surface area contributed by atoms with Crippen molar-refractivity contribution in [2.75, 3.05) is 0 Å². The van der Waals surface area contributed by atoms with Crippen molar-refractivity contribution in [2.45, 2.75) is 33.1 Å². The van der Waals surface area contributed by atoms with Crippen molar-refractivity contribution in [2.24, 2.45) is 4.99 Å². The van der Waals surface area contributed by atoms with E-state index in [0.717, 1.165) is 12.2 Å². The maximum absolute atomic E-state index is 4.17. The molecule has 0 spiro atoms. The number of hydrogen-bond acceptors (Lipinski definition) is 4. The summed E-state index contributed by atoms with van der Waals surface area (Å²) in [6, 6.07) is 0. The molecule has 0 bridgehead atoms. The number of aromatic nitrogens is 3. The number of rotatable bonds is 3. The van der Waals surface area contributed by atoms with Crippen molar-refractivity contribution in [1.82, 2.24) is 15.2 Å². The minimum absolute atomic E-state index is 0. The molecule has 0 saturated heterocycles. The predicted molar refractivity (Wildman–Crippen MR) is 50.1 cm³/mol. The van der Waals surface area contributed by atoms with Crippen molar-refractivity contribution in [1.29, 1.82) is 0 Å². The molecule has 4 nitrogen and oxygen atoms in total. The Kier molecular flexibility index (Phi) is 6.95. The fraction of sp³-hybridized carbons (Fsp3) is 0.556. The van der Waals surface area contributed by atoms with Crippen molar-refractivity contribution in [3.05, 3.63) is 12.0 Å². The van der Waals surface area contributed by atoms with Crippen LogP contribution in [-0.4, -0.2) is 21.4 Å². The van der Waals surface area contributed by atoms with Crippen LogP contribution in [0.2, 0.25) is 0 Å². The quantitative estimate of drug-likeness (QED) is 0.560. The van der Waals surface area contributed by atoms with Gasteiger partial charge in [-0.05, 0) is 6.42 Å². The van der Waals surface area contributed by atoms with Gasteiger partial charge in [0.05, 0.1) is 0 Å². The third-order valence-electron chi connectivity index (χ3n) is 1.79. The van der Waals surface area contributed by atoms with E-state index < -0.39 is 0 Å². The summed E-state index contributed by atoms with van der Waals surface area (Å²) >= 11 is 0. The smallest absolute Gasteiger partial charge is 0.473 e. The second-order valence-corrected chi connectivity index (χ2v) is 2.75. The fourth-order valence-electron chi connectivity index (χ4n) is 0.824. The topological polar surface area (TPSA) is 51.0 Å². The Hall–Kier alpha value is -0.268. The molecule has 0 aliphatic rings. The van der Waals surface area contributed by atoms with Crippen LogP contribution in [0.15, 0.2) is 4.99 Å². The monoisotopic (exact) mass is 414 g/mol. The first kappa shape index (κ1) is 13.7. The Morgan fingerprint density at radius 1 is 1.57 bits per heavy atom. The van der Waals surface area contributed by atoms with Crippen molar-refractivity contribution in [3.8, 4) is 0 Å². The van der Waals surface area contributed by atoms with Crippen LogP contribution >= 0.6 is 0 Å². The van der Waals surface area contributed by atoms with Gasteiger partial charge >= 0.3 is 31.1 Å². The van der Waals surface area contributed by atoms with E-state index >= 15 is 0 Å². The summed E-state index contributed by atoms with van der Waals surface area (Å²) in [5.41, 5.74) is 0. The van der Waals surface area contributed by atoms with Crippen LogP contribution in [0.5, 0.6) is 0 Å². The number of hydrogen-bond donors (Lipinski definition) is 0. The first-order valence-electron chi connectivity index (χ1n) is 4.27. The molecule has 1 rings (SSSR count). The standard InChI is InChI=1S/C9H12N4.U/c1-4-7(3)9-12-8(10-5-2)6-11-13-9;/h7H,4H2,1-3H3;/q-2;+2. The molecule has 0 radical (unpaired) electrons. The minimum atomic E-state index is 0. The Balaban J connectivity index is 0.00000169. The summed E-state index contributed by atoms with van der Waals surface area (Å²) in [6.45, 7) is 5.85. The van der Waals surface area contributed by atoms with Gasteiger partial charge in [0.25, 0.3) is 0 Å². The van der Waals surface area contributed by atoms with Gasteiger partial charge in [-0.3, -0.25) is 0 Å². The maximum Gasteiger partial charge on any atom is 2.00 e. The maximum atomic E-state index is 4.17. The second-order valence-electron chi connectivity index (χ2n) is 2.75. The molecule has 0 saturated carbocycles. The predicted octanol–water partition coefficient (Wildman–Crippen LogP) is 1.78. The summed E-state index contributed by atoms with van der Waals surface area (Å²) in [4.78, 5) is 8.04. The molecule has 0 aromatic carbocycles. The number of nitrogens with zero attached hydrogens (tertiary/aromatic N) is 4. The van der Waals surface area contributed by atoms with Gasteiger partial charge < -0.3 is 21.3 Å². The van der Waals surface area contributed by atoms with Gasteiger partial charge in [-0.2, -0.15) is 17.1 Å². The fourth-order valence-corrected chi connectivity index (χ4v) is 0.824. The van der Waals surface area contributed by atoms with Crippen molar-refractivity contribution >= 4 is 12.0 Å². The Morgan fingerprint density at radius 2 is 2.29 bits per heavy atom. The molecule has 72 valence electrons. The van der Waals surface area contributed by atoms with Gasteiger partial charge in [0, 0.05) is 5.92 Å². The zero-order valence-corrected chi connectivity index (χ0v) is 12.7. The molecular weight excluding hydrogens is 402 g/mol. The van der Waals surface area contributed by atoms with Crippen LogP contribution in [0.1, 0.15) is 38.9 Å². The molecule has 1 atom stereocenters. The van der Waals surface area contributed by atoms with Gasteiger partial charge in [-0.15, -0.1) is 6.92 Å². The van der Waals surface area contributed by atoms with E-state index in [9.17, 15) is 0 Å². The molecule has 0 aliphatic heterocycles. The molecule has 0 fully saturated rings. The van der Waals surface area contributed by atoms with Gasteiger partial charge in [0.15, 0.2) is 0 Å². The van der Waals surface area contributed by atoms with Crippen LogP contribution in [0.25, 0.3) is 0 Å². The van der Waals surface area contributed by atoms with E-state index in [1.54, 1.807) is 6.92 Å². The average molecular weight is 414 g/mol. The van der Waals surface area contributed by atoms with Crippen LogP contribution in [0.4, 0.5) is 5.82 Å². The summed E-state index contributed by atoms with van der Waals surface area (Å²) in [5.74, 6) is 1.48. The first-order chi connectivity index (χ1) is 6.27. The van der Waals surface area contributed by atoms with Gasteiger partial charge in [0.1, 0.15) is 5.82 Å². The molecule has 1 aromatic heterocycles.